The summed E-state index contributed by atoms with van der Waals surface area (Å²) in [6.07, 6.45) is 16.7. The van der Waals surface area contributed by atoms with Crippen molar-refractivity contribution in [1.82, 2.24) is 0 Å². The van der Waals surface area contributed by atoms with E-state index < -0.39 is 0 Å². The van der Waals surface area contributed by atoms with Crippen molar-refractivity contribution >= 4 is 5.91 Å². The first kappa shape index (κ1) is 18.5. The molecule has 0 aromatic heterocycles. The Kier molecular flexibility index (Phi) is 13.5. The second-order valence-electron chi connectivity index (χ2n) is 6.08. The molecule has 2 heteroatoms. The van der Waals surface area contributed by atoms with Crippen LogP contribution in [0.15, 0.2) is 0 Å². The Bertz CT molecular complexity index is 197. The highest BCUT2D eigenvalue weighted by Crippen LogP contribution is 2.22. The third-order valence-electron chi connectivity index (χ3n) is 3.92. The SMILES string of the molecule is CC1CCCCC1.CCCCCCCCCC(N)=O. The number of hydrogen-bond acceptors (Lipinski definition) is 1. The average molecular weight is 269 g/mol. The van der Waals surface area contributed by atoms with E-state index in [0.29, 0.717) is 6.42 Å². The van der Waals surface area contributed by atoms with E-state index in [9.17, 15) is 4.79 Å². The number of rotatable bonds is 8. The molecule has 0 bridgehead atoms. The van der Waals surface area contributed by atoms with Gasteiger partial charge in [-0.3, -0.25) is 4.79 Å². The fraction of sp³-hybridized carbons (Fsp3) is 0.941. The lowest BCUT2D eigenvalue weighted by molar-refractivity contribution is -0.118. The molecule has 0 saturated heterocycles. The molecule has 1 rings (SSSR count). The summed E-state index contributed by atoms with van der Waals surface area (Å²) in [5, 5.41) is 0. The van der Waals surface area contributed by atoms with Gasteiger partial charge in [0, 0.05) is 6.42 Å². The van der Waals surface area contributed by atoms with Gasteiger partial charge in [-0.2, -0.15) is 0 Å². The number of primary amides is 1. The molecule has 1 amide bonds. The highest BCUT2D eigenvalue weighted by atomic mass is 16.1. The lowest BCUT2D eigenvalue weighted by Gasteiger charge is -2.15. The molecule has 114 valence electrons. The quantitative estimate of drug-likeness (QED) is 0.605. The van der Waals surface area contributed by atoms with Crippen LogP contribution in [-0.4, -0.2) is 5.91 Å². The van der Waals surface area contributed by atoms with Gasteiger partial charge in [0.2, 0.25) is 5.91 Å². The van der Waals surface area contributed by atoms with Crippen molar-refractivity contribution in [3.63, 3.8) is 0 Å². The summed E-state index contributed by atoms with van der Waals surface area (Å²) >= 11 is 0. The molecule has 1 fully saturated rings. The van der Waals surface area contributed by atoms with Crippen LogP contribution in [0.1, 0.15) is 97.3 Å². The Morgan fingerprint density at radius 1 is 0.947 bits per heavy atom. The van der Waals surface area contributed by atoms with E-state index in [-0.39, 0.29) is 5.91 Å². The van der Waals surface area contributed by atoms with Gasteiger partial charge in [0.25, 0.3) is 0 Å². The molecule has 2 N–H and O–H groups in total. The Labute approximate surface area is 120 Å². The smallest absolute Gasteiger partial charge is 0.217 e. The maximum absolute atomic E-state index is 10.4. The van der Waals surface area contributed by atoms with E-state index in [4.69, 9.17) is 5.73 Å². The molecular weight excluding hydrogens is 234 g/mol. The Morgan fingerprint density at radius 2 is 1.47 bits per heavy atom. The zero-order valence-electron chi connectivity index (χ0n) is 13.3. The molecule has 0 heterocycles. The summed E-state index contributed by atoms with van der Waals surface area (Å²) in [6.45, 7) is 4.58. The van der Waals surface area contributed by atoms with Crippen molar-refractivity contribution in [3.8, 4) is 0 Å². The van der Waals surface area contributed by atoms with Crippen molar-refractivity contribution in [2.45, 2.75) is 97.3 Å². The molecular formula is C17H35NO. The first-order valence-corrected chi connectivity index (χ1v) is 8.45. The van der Waals surface area contributed by atoms with Crippen molar-refractivity contribution in [3.05, 3.63) is 0 Å². The van der Waals surface area contributed by atoms with Gasteiger partial charge in [0.05, 0.1) is 0 Å². The Balaban J connectivity index is 0.000000388. The lowest BCUT2D eigenvalue weighted by Crippen LogP contribution is -2.09. The van der Waals surface area contributed by atoms with Crippen molar-refractivity contribution in [2.75, 3.05) is 0 Å². The molecule has 0 aromatic rings. The third kappa shape index (κ3) is 15.4. The molecule has 0 unspecified atom stereocenters. The first-order valence-electron chi connectivity index (χ1n) is 8.45. The molecule has 2 nitrogen and oxygen atoms in total. The van der Waals surface area contributed by atoms with Gasteiger partial charge in [0.1, 0.15) is 0 Å². The van der Waals surface area contributed by atoms with Gasteiger partial charge in [-0.15, -0.1) is 0 Å². The number of unbranched alkanes of at least 4 members (excludes halogenated alkanes) is 6. The molecule has 1 aliphatic carbocycles. The largest absolute Gasteiger partial charge is 0.370 e. The van der Waals surface area contributed by atoms with Crippen molar-refractivity contribution in [2.24, 2.45) is 11.7 Å². The minimum atomic E-state index is -0.163. The summed E-state index contributed by atoms with van der Waals surface area (Å²) in [4.78, 5) is 10.4. The average Bonchev–Trinajstić information content (AvgIpc) is 2.39. The predicted molar refractivity (Wildman–Crippen MR) is 84.1 cm³/mol. The first-order chi connectivity index (χ1) is 9.16. The second kappa shape index (κ2) is 13.9. The van der Waals surface area contributed by atoms with Crippen LogP contribution in [0, 0.1) is 5.92 Å². The van der Waals surface area contributed by atoms with Gasteiger partial charge in [-0.25, -0.2) is 0 Å². The van der Waals surface area contributed by atoms with E-state index in [2.05, 4.69) is 13.8 Å². The van der Waals surface area contributed by atoms with Gasteiger partial charge in [0.15, 0.2) is 0 Å². The number of carbonyl (C=O) groups excluding carboxylic acids is 1. The fourth-order valence-corrected chi connectivity index (χ4v) is 2.56. The van der Waals surface area contributed by atoms with E-state index in [0.717, 1.165) is 18.8 Å². The summed E-state index contributed by atoms with van der Waals surface area (Å²) in [5.74, 6) is 0.873. The van der Waals surface area contributed by atoms with Gasteiger partial charge in [-0.1, -0.05) is 84.5 Å². The molecule has 0 radical (unpaired) electrons. The third-order valence-corrected chi connectivity index (χ3v) is 3.92. The van der Waals surface area contributed by atoms with E-state index in [1.165, 1.54) is 64.2 Å². The van der Waals surface area contributed by atoms with E-state index in [1.807, 2.05) is 0 Å². The zero-order valence-corrected chi connectivity index (χ0v) is 13.3. The van der Waals surface area contributed by atoms with Crippen molar-refractivity contribution < 1.29 is 4.79 Å². The van der Waals surface area contributed by atoms with Crippen LogP contribution in [0.5, 0.6) is 0 Å². The number of amides is 1. The van der Waals surface area contributed by atoms with Crippen LogP contribution in [0.25, 0.3) is 0 Å². The molecule has 0 aromatic carbocycles. The monoisotopic (exact) mass is 269 g/mol. The highest BCUT2D eigenvalue weighted by molar-refractivity contribution is 5.73. The van der Waals surface area contributed by atoms with Crippen LogP contribution < -0.4 is 5.73 Å². The number of hydrogen-bond donors (Lipinski definition) is 1. The minimum absolute atomic E-state index is 0.163. The molecule has 0 aliphatic heterocycles. The van der Waals surface area contributed by atoms with Gasteiger partial charge >= 0.3 is 0 Å². The minimum Gasteiger partial charge on any atom is -0.370 e. The van der Waals surface area contributed by atoms with Gasteiger partial charge in [-0.05, 0) is 12.3 Å². The summed E-state index contributed by atoms with van der Waals surface area (Å²) in [5.41, 5.74) is 5.02. The van der Waals surface area contributed by atoms with Crippen LogP contribution in [0.4, 0.5) is 0 Å². The van der Waals surface area contributed by atoms with E-state index in [1.54, 1.807) is 0 Å². The molecule has 0 spiro atoms. The van der Waals surface area contributed by atoms with Gasteiger partial charge < -0.3 is 5.73 Å². The summed E-state index contributed by atoms with van der Waals surface area (Å²) in [7, 11) is 0. The van der Waals surface area contributed by atoms with Crippen LogP contribution in [-0.2, 0) is 4.79 Å². The maximum atomic E-state index is 10.4. The standard InChI is InChI=1S/C10H21NO.C7H14/c1-2-3-4-5-6-7-8-9-10(11)12;1-7-5-3-2-4-6-7/h2-9H2,1H3,(H2,11,12);7H,2-6H2,1H3. The number of nitrogens with two attached hydrogens (primary N) is 1. The highest BCUT2D eigenvalue weighted by Gasteiger charge is 2.05. The molecule has 1 saturated carbocycles. The van der Waals surface area contributed by atoms with E-state index >= 15 is 0 Å². The van der Waals surface area contributed by atoms with Crippen LogP contribution >= 0.6 is 0 Å². The topological polar surface area (TPSA) is 43.1 Å². The lowest BCUT2D eigenvalue weighted by atomic mass is 9.91. The fourth-order valence-electron chi connectivity index (χ4n) is 2.56. The normalized spacial score (nSPS) is 15.7. The van der Waals surface area contributed by atoms with Crippen LogP contribution in [0.2, 0.25) is 0 Å². The Hall–Kier alpha value is -0.530. The molecule has 19 heavy (non-hydrogen) atoms. The second-order valence-corrected chi connectivity index (χ2v) is 6.08. The zero-order chi connectivity index (χ0) is 14.3. The maximum Gasteiger partial charge on any atom is 0.217 e. The van der Waals surface area contributed by atoms with Crippen molar-refractivity contribution in [1.29, 1.82) is 0 Å². The molecule has 1 aliphatic rings. The summed E-state index contributed by atoms with van der Waals surface area (Å²) < 4.78 is 0. The summed E-state index contributed by atoms with van der Waals surface area (Å²) in [6, 6.07) is 0. The molecule has 0 atom stereocenters. The predicted octanol–water partition coefficient (Wildman–Crippen LogP) is 5.20. The van der Waals surface area contributed by atoms with Crippen LogP contribution in [0.3, 0.4) is 0 Å². The Morgan fingerprint density at radius 3 is 1.89 bits per heavy atom. The number of carbonyl (C=O) groups is 1.